The van der Waals surface area contributed by atoms with Crippen LogP contribution in [0.15, 0.2) is 41.3 Å². The number of halogens is 1. The van der Waals surface area contributed by atoms with Crippen LogP contribution in [-0.4, -0.2) is 4.57 Å². The third-order valence-corrected chi connectivity index (χ3v) is 2.66. The molecular weight excluding hydrogens is 219 g/mol. The molecule has 2 aromatic rings. The van der Waals surface area contributed by atoms with Crippen LogP contribution >= 0.6 is 0 Å². The van der Waals surface area contributed by atoms with Gasteiger partial charge in [-0.25, -0.2) is 4.39 Å². The minimum absolute atomic E-state index is 0.0591. The first kappa shape index (κ1) is 11.4. The molecule has 0 fully saturated rings. The zero-order valence-electron chi connectivity index (χ0n) is 9.48. The molecule has 17 heavy (non-hydrogen) atoms. The van der Waals surface area contributed by atoms with E-state index in [1.807, 2.05) is 0 Å². The van der Waals surface area contributed by atoms with Crippen molar-refractivity contribution in [1.82, 2.24) is 4.57 Å². The summed E-state index contributed by atoms with van der Waals surface area (Å²) in [5.41, 5.74) is 7.41. The van der Waals surface area contributed by atoms with Gasteiger partial charge >= 0.3 is 0 Å². The Balaban J connectivity index is 2.38. The van der Waals surface area contributed by atoms with E-state index in [4.69, 9.17) is 5.73 Å². The number of benzene rings is 1. The lowest BCUT2D eigenvalue weighted by atomic mass is 10.1. The van der Waals surface area contributed by atoms with Gasteiger partial charge in [-0.3, -0.25) is 4.79 Å². The molecule has 0 spiro atoms. The first-order chi connectivity index (χ1) is 8.08. The lowest BCUT2D eigenvalue weighted by Crippen LogP contribution is -2.22. The van der Waals surface area contributed by atoms with Gasteiger partial charge in [0.1, 0.15) is 5.82 Å². The van der Waals surface area contributed by atoms with Crippen molar-refractivity contribution >= 4 is 5.69 Å². The van der Waals surface area contributed by atoms with E-state index in [2.05, 4.69) is 0 Å². The van der Waals surface area contributed by atoms with Gasteiger partial charge < -0.3 is 10.3 Å². The number of anilines is 1. The van der Waals surface area contributed by atoms with E-state index in [1.165, 1.54) is 12.1 Å². The molecule has 0 bridgehead atoms. The van der Waals surface area contributed by atoms with Crippen LogP contribution in [0.4, 0.5) is 10.1 Å². The second-order valence-electron chi connectivity index (χ2n) is 3.97. The summed E-state index contributed by atoms with van der Waals surface area (Å²) >= 11 is 0. The fraction of sp³-hybridized carbons (Fsp3) is 0.154. The summed E-state index contributed by atoms with van der Waals surface area (Å²) in [4.78, 5) is 11.8. The predicted molar refractivity (Wildman–Crippen MR) is 65.4 cm³/mol. The Morgan fingerprint density at radius 1 is 1.35 bits per heavy atom. The van der Waals surface area contributed by atoms with Gasteiger partial charge in [-0.05, 0) is 30.7 Å². The minimum Gasteiger partial charge on any atom is -0.398 e. The SMILES string of the molecule is Cc1cccn(Cc2ccc(F)cc2N)c1=O. The Morgan fingerprint density at radius 3 is 2.82 bits per heavy atom. The van der Waals surface area contributed by atoms with Crippen LogP contribution < -0.4 is 11.3 Å². The molecule has 3 nitrogen and oxygen atoms in total. The number of nitrogens with zero attached hydrogens (tertiary/aromatic N) is 1. The van der Waals surface area contributed by atoms with Crippen molar-refractivity contribution < 1.29 is 4.39 Å². The molecule has 0 saturated carbocycles. The second kappa shape index (κ2) is 4.41. The summed E-state index contributed by atoms with van der Waals surface area (Å²) in [6.45, 7) is 2.11. The Hall–Kier alpha value is -2.10. The van der Waals surface area contributed by atoms with E-state index in [-0.39, 0.29) is 11.4 Å². The van der Waals surface area contributed by atoms with E-state index >= 15 is 0 Å². The van der Waals surface area contributed by atoms with Crippen LogP contribution in [0.1, 0.15) is 11.1 Å². The quantitative estimate of drug-likeness (QED) is 0.804. The van der Waals surface area contributed by atoms with Crippen molar-refractivity contribution in [2.45, 2.75) is 13.5 Å². The van der Waals surface area contributed by atoms with Gasteiger partial charge in [-0.1, -0.05) is 12.1 Å². The van der Waals surface area contributed by atoms with Crippen LogP contribution in [0.5, 0.6) is 0 Å². The molecule has 1 heterocycles. The molecule has 0 amide bonds. The van der Waals surface area contributed by atoms with Gasteiger partial charge in [0.25, 0.3) is 5.56 Å². The van der Waals surface area contributed by atoms with Gasteiger partial charge in [-0.2, -0.15) is 0 Å². The van der Waals surface area contributed by atoms with Crippen LogP contribution in [0.3, 0.4) is 0 Å². The molecule has 1 aromatic carbocycles. The largest absolute Gasteiger partial charge is 0.398 e. The van der Waals surface area contributed by atoms with Crippen LogP contribution in [0, 0.1) is 12.7 Å². The number of rotatable bonds is 2. The van der Waals surface area contributed by atoms with Crippen molar-refractivity contribution in [3.05, 3.63) is 63.8 Å². The lowest BCUT2D eigenvalue weighted by Gasteiger charge is -2.09. The van der Waals surface area contributed by atoms with Crippen molar-refractivity contribution in [3.8, 4) is 0 Å². The third kappa shape index (κ3) is 2.36. The van der Waals surface area contributed by atoms with Gasteiger partial charge in [0.05, 0.1) is 6.54 Å². The molecule has 0 aliphatic carbocycles. The monoisotopic (exact) mass is 232 g/mol. The van der Waals surface area contributed by atoms with Gasteiger partial charge in [-0.15, -0.1) is 0 Å². The standard InChI is InChI=1S/C13H13FN2O/c1-9-3-2-6-16(13(9)17)8-10-4-5-11(14)7-12(10)15/h2-7H,8,15H2,1H3. The molecule has 0 aliphatic rings. The van der Waals surface area contributed by atoms with Crippen molar-refractivity contribution in [2.75, 3.05) is 5.73 Å². The Labute approximate surface area is 98.3 Å². The van der Waals surface area contributed by atoms with Crippen molar-refractivity contribution in [2.24, 2.45) is 0 Å². The van der Waals surface area contributed by atoms with E-state index in [9.17, 15) is 9.18 Å². The highest BCUT2D eigenvalue weighted by Crippen LogP contribution is 2.14. The first-order valence-corrected chi connectivity index (χ1v) is 5.28. The number of pyridine rings is 1. The average Bonchev–Trinajstić information content (AvgIpc) is 2.28. The molecule has 2 N–H and O–H groups in total. The van der Waals surface area contributed by atoms with Crippen LogP contribution in [0.25, 0.3) is 0 Å². The summed E-state index contributed by atoms with van der Waals surface area (Å²) < 4.78 is 14.4. The summed E-state index contributed by atoms with van der Waals surface area (Å²) in [5, 5.41) is 0. The molecule has 0 atom stereocenters. The van der Waals surface area contributed by atoms with Gasteiger partial charge in [0, 0.05) is 17.4 Å². The van der Waals surface area contributed by atoms with Crippen molar-refractivity contribution in [1.29, 1.82) is 0 Å². The normalized spacial score (nSPS) is 10.5. The fourth-order valence-corrected chi connectivity index (χ4v) is 1.67. The summed E-state index contributed by atoms with van der Waals surface area (Å²) in [6.07, 6.45) is 1.69. The van der Waals surface area contributed by atoms with Crippen LogP contribution in [-0.2, 0) is 6.54 Å². The zero-order valence-corrected chi connectivity index (χ0v) is 9.48. The fourth-order valence-electron chi connectivity index (χ4n) is 1.67. The first-order valence-electron chi connectivity index (χ1n) is 5.28. The van der Waals surface area contributed by atoms with E-state index in [1.54, 1.807) is 35.9 Å². The number of nitrogen functional groups attached to an aromatic ring is 1. The molecular formula is C13H13FN2O. The lowest BCUT2D eigenvalue weighted by molar-refractivity contribution is 0.627. The topological polar surface area (TPSA) is 48.0 Å². The maximum absolute atomic E-state index is 12.9. The minimum atomic E-state index is -0.372. The molecule has 0 radical (unpaired) electrons. The van der Waals surface area contributed by atoms with Crippen molar-refractivity contribution in [3.63, 3.8) is 0 Å². The average molecular weight is 232 g/mol. The number of aryl methyl sites for hydroxylation is 1. The Morgan fingerprint density at radius 2 is 2.12 bits per heavy atom. The van der Waals surface area contributed by atoms with Gasteiger partial charge in [0.15, 0.2) is 0 Å². The second-order valence-corrected chi connectivity index (χ2v) is 3.97. The number of hydrogen-bond acceptors (Lipinski definition) is 2. The summed E-state index contributed by atoms with van der Waals surface area (Å²) in [6, 6.07) is 7.76. The third-order valence-electron chi connectivity index (χ3n) is 2.66. The summed E-state index contributed by atoms with van der Waals surface area (Å²) in [7, 11) is 0. The maximum Gasteiger partial charge on any atom is 0.253 e. The van der Waals surface area contributed by atoms with Gasteiger partial charge in [0.2, 0.25) is 0 Å². The van der Waals surface area contributed by atoms with E-state index < -0.39 is 0 Å². The molecule has 0 unspecified atom stereocenters. The molecule has 0 aliphatic heterocycles. The maximum atomic E-state index is 12.9. The summed E-state index contributed by atoms with van der Waals surface area (Å²) in [5.74, 6) is -0.372. The highest BCUT2D eigenvalue weighted by Gasteiger charge is 2.04. The van der Waals surface area contributed by atoms with Crippen LogP contribution in [0.2, 0.25) is 0 Å². The molecule has 4 heteroatoms. The molecule has 2 rings (SSSR count). The molecule has 0 saturated heterocycles. The molecule has 88 valence electrons. The van der Waals surface area contributed by atoms with E-state index in [0.29, 0.717) is 17.8 Å². The highest BCUT2D eigenvalue weighted by atomic mass is 19.1. The Bertz CT molecular complexity index is 605. The number of aromatic nitrogens is 1. The smallest absolute Gasteiger partial charge is 0.253 e. The number of hydrogen-bond donors (Lipinski definition) is 1. The highest BCUT2D eigenvalue weighted by molar-refractivity contribution is 5.46. The van der Waals surface area contributed by atoms with E-state index in [0.717, 1.165) is 5.56 Å². The molecule has 1 aromatic heterocycles. The number of nitrogens with two attached hydrogens (primary N) is 1. The Kier molecular flexibility index (Phi) is 2.95. The predicted octanol–water partition coefficient (Wildman–Crippen LogP) is 1.93. The zero-order chi connectivity index (χ0) is 12.4.